The largest absolute Gasteiger partial charge is 0.486 e. The summed E-state index contributed by atoms with van der Waals surface area (Å²) in [6.45, 7) is 4.39. The molecule has 2 N–H and O–H groups in total. The van der Waals surface area contributed by atoms with Crippen LogP contribution in [0.25, 0.3) is 0 Å². The van der Waals surface area contributed by atoms with E-state index in [2.05, 4.69) is 0 Å². The standard InChI is InChI=1S/C22H24N2O4/c1-14-9-19-20(28-8-7-27-19)12-18(14)22(26)24-6-5-16(13-24)10-15-3-2-4-17(11-15)21(23)25/h2-4,9,11-12,16H,5-8,10,13H2,1H3,(H2,23,25)/t16-/m1/s1. The number of benzene rings is 2. The zero-order chi connectivity index (χ0) is 19.7. The molecule has 4 rings (SSSR count). The number of rotatable bonds is 4. The summed E-state index contributed by atoms with van der Waals surface area (Å²) in [6, 6.07) is 11.1. The van der Waals surface area contributed by atoms with E-state index in [-0.39, 0.29) is 5.91 Å². The molecule has 1 atom stereocenters. The molecule has 2 aromatic rings. The van der Waals surface area contributed by atoms with Gasteiger partial charge in [-0.3, -0.25) is 9.59 Å². The van der Waals surface area contributed by atoms with E-state index in [4.69, 9.17) is 15.2 Å². The van der Waals surface area contributed by atoms with Gasteiger partial charge in [0.15, 0.2) is 11.5 Å². The number of aryl methyl sites for hydroxylation is 1. The van der Waals surface area contributed by atoms with Crippen LogP contribution in [0.3, 0.4) is 0 Å². The fraction of sp³-hybridized carbons (Fsp3) is 0.364. The number of ether oxygens (including phenoxy) is 2. The van der Waals surface area contributed by atoms with Crippen LogP contribution in [-0.2, 0) is 6.42 Å². The van der Waals surface area contributed by atoms with Gasteiger partial charge in [0.05, 0.1) is 0 Å². The van der Waals surface area contributed by atoms with Gasteiger partial charge in [-0.25, -0.2) is 0 Å². The lowest BCUT2D eigenvalue weighted by atomic mass is 9.97. The Kier molecular flexibility index (Phi) is 4.94. The second kappa shape index (κ2) is 7.54. The summed E-state index contributed by atoms with van der Waals surface area (Å²) in [6.07, 6.45) is 1.77. The average molecular weight is 380 g/mol. The molecular formula is C22H24N2O4. The van der Waals surface area contributed by atoms with Crippen molar-refractivity contribution in [3.8, 4) is 11.5 Å². The predicted octanol–water partition coefficient (Wildman–Crippen LogP) is 2.57. The molecule has 0 radical (unpaired) electrons. The number of amides is 2. The van der Waals surface area contributed by atoms with Gasteiger partial charge in [-0.05, 0) is 61.1 Å². The summed E-state index contributed by atoms with van der Waals surface area (Å²) in [5, 5.41) is 0. The summed E-state index contributed by atoms with van der Waals surface area (Å²) in [7, 11) is 0. The summed E-state index contributed by atoms with van der Waals surface area (Å²) in [5.41, 5.74) is 8.53. The van der Waals surface area contributed by atoms with E-state index in [1.54, 1.807) is 12.1 Å². The molecule has 0 aliphatic carbocycles. The number of fused-ring (bicyclic) bond motifs is 1. The minimum atomic E-state index is -0.417. The van der Waals surface area contributed by atoms with Gasteiger partial charge in [0, 0.05) is 24.2 Å². The van der Waals surface area contributed by atoms with Crippen LogP contribution in [0.4, 0.5) is 0 Å². The second-order valence-electron chi connectivity index (χ2n) is 7.49. The van der Waals surface area contributed by atoms with Crippen LogP contribution in [0.1, 0.15) is 38.3 Å². The Balaban J connectivity index is 1.45. The summed E-state index contributed by atoms with van der Waals surface area (Å²) in [4.78, 5) is 26.3. The minimum Gasteiger partial charge on any atom is -0.486 e. The lowest BCUT2D eigenvalue weighted by Crippen LogP contribution is -2.30. The van der Waals surface area contributed by atoms with Crippen LogP contribution < -0.4 is 15.2 Å². The van der Waals surface area contributed by atoms with Gasteiger partial charge in [0.1, 0.15) is 13.2 Å². The number of nitrogens with zero attached hydrogens (tertiary/aromatic N) is 1. The molecule has 2 aliphatic rings. The zero-order valence-corrected chi connectivity index (χ0v) is 15.9. The van der Waals surface area contributed by atoms with Crippen LogP contribution in [0.5, 0.6) is 11.5 Å². The second-order valence-corrected chi connectivity index (χ2v) is 7.49. The Morgan fingerprint density at radius 3 is 2.64 bits per heavy atom. The molecule has 6 heteroatoms. The minimum absolute atomic E-state index is 0.0304. The van der Waals surface area contributed by atoms with Crippen molar-refractivity contribution in [3.05, 3.63) is 58.7 Å². The summed E-state index contributed by atoms with van der Waals surface area (Å²) in [5.74, 6) is 1.32. The first-order valence-electron chi connectivity index (χ1n) is 9.59. The maximum Gasteiger partial charge on any atom is 0.254 e. The molecule has 2 heterocycles. The van der Waals surface area contributed by atoms with E-state index in [9.17, 15) is 9.59 Å². The van der Waals surface area contributed by atoms with Gasteiger partial charge < -0.3 is 20.1 Å². The number of primary amides is 1. The molecule has 1 fully saturated rings. The maximum atomic E-state index is 13.1. The van der Waals surface area contributed by atoms with Gasteiger partial charge in [-0.1, -0.05) is 12.1 Å². The Bertz CT molecular complexity index is 925. The fourth-order valence-corrected chi connectivity index (χ4v) is 3.96. The Labute approximate surface area is 164 Å². The summed E-state index contributed by atoms with van der Waals surface area (Å²) >= 11 is 0. The highest BCUT2D eigenvalue weighted by atomic mass is 16.6. The number of carbonyl (C=O) groups excluding carboxylic acids is 2. The van der Waals surface area contributed by atoms with Crippen molar-refractivity contribution in [1.82, 2.24) is 4.90 Å². The number of hydrogen-bond donors (Lipinski definition) is 1. The van der Waals surface area contributed by atoms with Crippen LogP contribution in [0, 0.1) is 12.8 Å². The average Bonchev–Trinajstić information content (AvgIpc) is 3.15. The molecule has 1 saturated heterocycles. The lowest BCUT2D eigenvalue weighted by Gasteiger charge is -2.22. The van der Waals surface area contributed by atoms with Crippen LogP contribution in [-0.4, -0.2) is 43.0 Å². The summed E-state index contributed by atoms with van der Waals surface area (Å²) < 4.78 is 11.2. The molecular weight excluding hydrogens is 356 g/mol. The third-order valence-electron chi connectivity index (χ3n) is 5.43. The number of likely N-dealkylation sites (tertiary alicyclic amines) is 1. The van der Waals surface area contributed by atoms with E-state index in [1.807, 2.05) is 36.1 Å². The molecule has 0 saturated carbocycles. The van der Waals surface area contributed by atoms with Crippen molar-refractivity contribution in [3.63, 3.8) is 0 Å². The van der Waals surface area contributed by atoms with Crippen molar-refractivity contribution in [2.24, 2.45) is 11.7 Å². The van der Waals surface area contributed by atoms with Gasteiger partial charge in [-0.2, -0.15) is 0 Å². The van der Waals surface area contributed by atoms with E-state index in [0.717, 1.165) is 30.5 Å². The van der Waals surface area contributed by atoms with Crippen molar-refractivity contribution in [2.75, 3.05) is 26.3 Å². The molecule has 2 amide bonds. The molecule has 0 unspecified atom stereocenters. The third-order valence-corrected chi connectivity index (χ3v) is 5.43. The van der Waals surface area contributed by atoms with Crippen molar-refractivity contribution in [1.29, 1.82) is 0 Å². The molecule has 146 valence electrons. The Hall–Kier alpha value is -3.02. The van der Waals surface area contributed by atoms with E-state index >= 15 is 0 Å². The van der Waals surface area contributed by atoms with Crippen molar-refractivity contribution < 1.29 is 19.1 Å². The molecule has 2 aliphatic heterocycles. The van der Waals surface area contributed by atoms with Gasteiger partial charge in [0.25, 0.3) is 5.91 Å². The topological polar surface area (TPSA) is 81.9 Å². The molecule has 2 aromatic carbocycles. The molecule has 0 bridgehead atoms. The highest BCUT2D eigenvalue weighted by Crippen LogP contribution is 2.34. The maximum absolute atomic E-state index is 13.1. The first-order chi connectivity index (χ1) is 13.5. The van der Waals surface area contributed by atoms with E-state index in [1.165, 1.54) is 0 Å². The Morgan fingerprint density at radius 2 is 1.89 bits per heavy atom. The Morgan fingerprint density at radius 1 is 1.14 bits per heavy atom. The quantitative estimate of drug-likeness (QED) is 0.884. The first kappa shape index (κ1) is 18.3. The van der Waals surface area contributed by atoms with E-state index in [0.29, 0.717) is 48.3 Å². The van der Waals surface area contributed by atoms with Gasteiger partial charge >= 0.3 is 0 Å². The zero-order valence-electron chi connectivity index (χ0n) is 15.9. The van der Waals surface area contributed by atoms with Crippen LogP contribution in [0.2, 0.25) is 0 Å². The SMILES string of the molecule is Cc1cc2c(cc1C(=O)N1CC[C@H](Cc3cccc(C(N)=O)c3)C1)OCCO2. The molecule has 6 nitrogen and oxygen atoms in total. The van der Waals surface area contributed by atoms with Crippen molar-refractivity contribution in [2.45, 2.75) is 19.8 Å². The van der Waals surface area contributed by atoms with Crippen molar-refractivity contribution >= 4 is 11.8 Å². The number of nitrogens with two attached hydrogens (primary N) is 1. The predicted molar refractivity (Wildman–Crippen MR) is 105 cm³/mol. The number of carbonyl (C=O) groups is 2. The smallest absolute Gasteiger partial charge is 0.254 e. The molecule has 0 spiro atoms. The highest BCUT2D eigenvalue weighted by Gasteiger charge is 2.29. The molecule has 0 aromatic heterocycles. The van der Waals surface area contributed by atoms with E-state index < -0.39 is 5.91 Å². The van der Waals surface area contributed by atoms with Crippen LogP contribution in [0.15, 0.2) is 36.4 Å². The fourth-order valence-electron chi connectivity index (χ4n) is 3.96. The lowest BCUT2D eigenvalue weighted by molar-refractivity contribution is 0.0785. The first-order valence-corrected chi connectivity index (χ1v) is 9.59. The molecule has 28 heavy (non-hydrogen) atoms. The van der Waals surface area contributed by atoms with Gasteiger partial charge in [0.2, 0.25) is 5.91 Å². The third kappa shape index (κ3) is 3.67. The van der Waals surface area contributed by atoms with Crippen LogP contribution >= 0.6 is 0 Å². The normalized spacial score (nSPS) is 18.2. The highest BCUT2D eigenvalue weighted by molar-refractivity contribution is 5.96. The van der Waals surface area contributed by atoms with Gasteiger partial charge in [-0.15, -0.1) is 0 Å². The number of hydrogen-bond acceptors (Lipinski definition) is 4. The monoisotopic (exact) mass is 380 g/mol.